The van der Waals surface area contributed by atoms with Gasteiger partial charge in [0.1, 0.15) is 0 Å². The van der Waals surface area contributed by atoms with E-state index in [2.05, 4.69) is 39.6 Å². The van der Waals surface area contributed by atoms with Crippen molar-refractivity contribution in [3.8, 4) is 0 Å². The molecule has 1 radical (unpaired) electrons. The Hall–Kier alpha value is 1.73. The molecule has 0 amide bonds. The van der Waals surface area contributed by atoms with Crippen LogP contribution in [0.15, 0.2) is 0 Å². The van der Waals surface area contributed by atoms with Gasteiger partial charge in [0, 0.05) is 0 Å². The predicted octanol–water partition coefficient (Wildman–Crippen LogP) is 8.39. The minimum atomic E-state index is 0.0417. The lowest BCUT2D eigenvalue weighted by Gasteiger charge is -2.03. The Bertz CT molecular complexity index is 138. The Morgan fingerprint density at radius 2 is 0.810 bits per heavy atom. The molecule has 0 unspecified atom stereocenters. The second-order valence-electron chi connectivity index (χ2n) is 5.90. The maximum Gasteiger partial charge on any atom is 0.560 e. The maximum absolute atomic E-state index is 3.88. The second-order valence-corrected chi connectivity index (χ2v) is 14.0. The molecule has 0 aromatic rings. The first-order valence-electron chi connectivity index (χ1n) is 9.24. The zero-order chi connectivity index (χ0) is 16.0. The highest BCUT2D eigenvalue weighted by atomic mass is 79.9. The van der Waals surface area contributed by atoms with Crippen molar-refractivity contribution < 1.29 is 0 Å². The van der Waals surface area contributed by atoms with Crippen LogP contribution in [-0.2, 0) is 0 Å². The van der Waals surface area contributed by atoms with E-state index in [-0.39, 0.29) is 16.0 Å². The average molecular weight is 438 g/mol. The molecule has 3 heteroatoms. The molecular weight excluding hydrogens is 400 g/mol. The van der Waals surface area contributed by atoms with Crippen LogP contribution in [0.2, 0.25) is 0 Å². The quantitative estimate of drug-likeness (QED) is 0.178. The van der Waals surface area contributed by atoms with Crippen LogP contribution in [0.25, 0.3) is 0 Å². The van der Waals surface area contributed by atoms with E-state index in [1.807, 2.05) is 0 Å². The second kappa shape index (κ2) is 26.6. The van der Waals surface area contributed by atoms with Crippen LogP contribution >= 0.6 is 25.8 Å². The Labute approximate surface area is 157 Å². The van der Waals surface area contributed by atoms with E-state index in [4.69, 9.17) is 0 Å². The fraction of sp³-hybridized carbons (Fsp3) is 0.944. The van der Waals surface area contributed by atoms with Gasteiger partial charge in [0.15, 0.2) is 0 Å². The smallest absolute Gasteiger partial charge is 0.280 e. The van der Waals surface area contributed by atoms with Crippen molar-refractivity contribution >= 4 is 41.8 Å². The van der Waals surface area contributed by atoms with Gasteiger partial charge in [-0.15, -0.1) is 0 Å². The number of unbranched alkanes of at least 4 members (excludes halogenated alkanes) is 15. The van der Waals surface area contributed by atoms with Crippen molar-refractivity contribution in [1.29, 1.82) is 0 Å². The molecule has 125 valence electrons. The first-order chi connectivity index (χ1) is 10.3. The number of halogens is 2. The highest BCUT2D eigenvalue weighted by Gasteiger charge is 1.93. The topological polar surface area (TPSA) is 0 Å². The third kappa shape index (κ3) is 30.2. The molecule has 0 rings (SSSR count). The standard InChI is InChI=1S/C18H37.2BrH.Mg/c1-3-5-7-9-11-13-15-17-18-16-14-12-10-8-6-4-2;;;/h1,3-18H2,2H3;2*1H;/q;;;+2/p-2. The fourth-order valence-corrected chi connectivity index (χ4v) is 2.55. The molecule has 0 aromatic carbocycles. The summed E-state index contributed by atoms with van der Waals surface area (Å²) in [5.74, 6) is 0. The van der Waals surface area contributed by atoms with Gasteiger partial charge in [-0.25, -0.2) is 0 Å². The van der Waals surface area contributed by atoms with Gasteiger partial charge in [0.25, 0.3) is 0 Å². The minimum absolute atomic E-state index is 0.0417. The van der Waals surface area contributed by atoms with Crippen molar-refractivity contribution in [2.24, 2.45) is 0 Å². The highest BCUT2D eigenvalue weighted by Crippen LogP contribution is 2.13. The summed E-state index contributed by atoms with van der Waals surface area (Å²) in [7, 11) is 0. The lowest BCUT2D eigenvalue weighted by atomic mass is 10.0. The normalized spacial score (nSPS) is 9.90. The first-order valence-corrected chi connectivity index (χ1v) is 17.0. The Kier molecular flexibility index (Phi) is 31.6. The largest absolute Gasteiger partial charge is 0.560 e. The van der Waals surface area contributed by atoms with Crippen LogP contribution in [-0.4, -0.2) is 16.0 Å². The van der Waals surface area contributed by atoms with Gasteiger partial charge in [-0.1, -0.05) is 117 Å². The highest BCUT2D eigenvalue weighted by molar-refractivity contribution is 9.47. The minimum Gasteiger partial charge on any atom is -0.280 e. The third-order valence-electron chi connectivity index (χ3n) is 3.85. The lowest BCUT2D eigenvalue weighted by molar-refractivity contribution is 0.533. The molecule has 0 aliphatic heterocycles. The molecule has 0 aliphatic rings. The van der Waals surface area contributed by atoms with Crippen LogP contribution in [0.3, 0.4) is 0 Å². The van der Waals surface area contributed by atoms with E-state index in [1.54, 1.807) is 0 Å². The molecule has 0 aliphatic carbocycles. The zero-order valence-corrected chi connectivity index (χ0v) is 19.1. The number of hydrogen-bond donors (Lipinski definition) is 0. The van der Waals surface area contributed by atoms with Gasteiger partial charge in [-0.05, 0) is 0 Å². The van der Waals surface area contributed by atoms with Crippen LogP contribution in [0.1, 0.15) is 110 Å². The lowest BCUT2D eigenvalue weighted by Crippen LogP contribution is -1.83. The molecule has 0 heterocycles. The van der Waals surface area contributed by atoms with Crippen molar-refractivity contribution in [2.75, 3.05) is 0 Å². The van der Waals surface area contributed by atoms with Gasteiger partial charge in [-0.2, -0.15) is 0 Å². The monoisotopic (exact) mass is 435 g/mol. The average Bonchev–Trinajstić information content (AvgIpc) is 2.48. The van der Waals surface area contributed by atoms with Gasteiger partial charge < -0.3 is 0 Å². The SMILES string of the molecule is [Br][Mg][Br].[CH2]CCCCCCCCCCCCCCCCC. The van der Waals surface area contributed by atoms with Crippen LogP contribution in [0.4, 0.5) is 0 Å². The van der Waals surface area contributed by atoms with Crippen LogP contribution < -0.4 is 0 Å². The van der Waals surface area contributed by atoms with Crippen molar-refractivity contribution in [3.63, 3.8) is 0 Å². The van der Waals surface area contributed by atoms with Crippen LogP contribution in [0, 0.1) is 6.92 Å². The molecule has 0 atom stereocenters. The molecule has 21 heavy (non-hydrogen) atoms. The third-order valence-corrected chi connectivity index (χ3v) is 3.85. The van der Waals surface area contributed by atoms with E-state index in [0.717, 1.165) is 6.42 Å². The number of hydrogen-bond acceptors (Lipinski definition) is 0. The maximum atomic E-state index is 3.88. The zero-order valence-electron chi connectivity index (χ0n) is 14.5. The van der Waals surface area contributed by atoms with Gasteiger partial charge in [-0.3, -0.25) is 25.8 Å². The molecule has 0 spiro atoms. The summed E-state index contributed by atoms with van der Waals surface area (Å²) in [5, 5.41) is 0. The summed E-state index contributed by atoms with van der Waals surface area (Å²) in [6.45, 7) is 6.18. The molecule has 0 nitrogen and oxygen atoms in total. The molecular formula is C18H37Br2Mg. The van der Waals surface area contributed by atoms with Gasteiger partial charge in [0.2, 0.25) is 0 Å². The summed E-state index contributed by atoms with van der Waals surface area (Å²) in [6.07, 6.45) is 22.8. The summed E-state index contributed by atoms with van der Waals surface area (Å²) in [6, 6.07) is 0. The molecule has 0 N–H and O–H groups in total. The Morgan fingerprint density at radius 3 is 1.05 bits per heavy atom. The predicted molar refractivity (Wildman–Crippen MR) is 109 cm³/mol. The summed E-state index contributed by atoms with van der Waals surface area (Å²) in [4.78, 5) is 0. The van der Waals surface area contributed by atoms with Crippen molar-refractivity contribution in [2.45, 2.75) is 110 Å². The number of rotatable bonds is 15. The van der Waals surface area contributed by atoms with E-state index in [1.165, 1.54) is 96.3 Å². The van der Waals surface area contributed by atoms with E-state index in [0.29, 0.717) is 0 Å². The molecule has 0 saturated carbocycles. The first kappa shape index (κ1) is 25.0. The summed E-state index contributed by atoms with van der Waals surface area (Å²) in [5.41, 5.74) is 0. The Morgan fingerprint density at radius 1 is 0.571 bits per heavy atom. The van der Waals surface area contributed by atoms with E-state index in [9.17, 15) is 0 Å². The fourth-order valence-electron chi connectivity index (χ4n) is 2.55. The van der Waals surface area contributed by atoms with Gasteiger partial charge in [0.05, 0.1) is 0 Å². The van der Waals surface area contributed by atoms with Crippen LogP contribution in [0.5, 0.6) is 0 Å². The Balaban J connectivity index is 0. The molecule has 0 bridgehead atoms. The van der Waals surface area contributed by atoms with Crippen molar-refractivity contribution in [3.05, 3.63) is 6.92 Å². The van der Waals surface area contributed by atoms with E-state index >= 15 is 0 Å². The molecule has 0 aromatic heterocycles. The van der Waals surface area contributed by atoms with Crippen molar-refractivity contribution in [1.82, 2.24) is 0 Å². The van der Waals surface area contributed by atoms with E-state index < -0.39 is 0 Å². The summed E-state index contributed by atoms with van der Waals surface area (Å²) >= 11 is 6.44. The summed E-state index contributed by atoms with van der Waals surface area (Å²) < 4.78 is 0. The molecule has 0 fully saturated rings. The molecule has 0 saturated heterocycles. The van der Waals surface area contributed by atoms with Gasteiger partial charge >= 0.3 is 16.0 Å².